The number of halogens is 1. The number of benzene rings is 3. The van der Waals surface area contributed by atoms with E-state index in [-0.39, 0.29) is 0 Å². The second kappa shape index (κ2) is 5.97. The molecule has 0 radical (unpaired) electrons. The van der Waals surface area contributed by atoms with Crippen molar-refractivity contribution in [3.05, 3.63) is 108 Å². The Morgan fingerprint density at radius 2 is 0.826 bits per heavy atom. The molecule has 0 N–H and O–H groups in total. The Morgan fingerprint density at radius 3 is 1.04 bits per heavy atom. The van der Waals surface area contributed by atoms with E-state index in [2.05, 4.69) is 0 Å². The maximum atomic E-state index is 14.7. The van der Waals surface area contributed by atoms with Crippen LogP contribution >= 0.6 is 0 Å². The van der Waals surface area contributed by atoms with Crippen LogP contribution < -0.4 is 0 Å². The lowest BCUT2D eigenvalue weighted by Gasteiger charge is -2.31. The zero-order chi connectivity index (χ0) is 16.3. The lowest BCUT2D eigenvalue weighted by Crippen LogP contribution is -2.36. The van der Waals surface area contributed by atoms with Crippen LogP contribution in [0, 0.1) is 0 Å². The van der Waals surface area contributed by atoms with Gasteiger partial charge in [-0.3, -0.25) is 0 Å². The lowest BCUT2D eigenvalue weighted by atomic mass is 9.84. The maximum Gasteiger partial charge on any atom is 0.320 e. The minimum Gasteiger partial charge on any atom is -0.193 e. The average molecular weight is 326 g/mol. The highest BCUT2D eigenvalue weighted by atomic mass is 32.3. The molecule has 0 atom stereocenters. The lowest BCUT2D eigenvalue weighted by molar-refractivity contribution is 0.525. The molecule has 0 bridgehead atoms. The van der Waals surface area contributed by atoms with Crippen LogP contribution in [0.2, 0.25) is 0 Å². The van der Waals surface area contributed by atoms with Crippen LogP contribution in [0.5, 0.6) is 0 Å². The third-order valence-electron chi connectivity index (χ3n) is 3.91. The van der Waals surface area contributed by atoms with Gasteiger partial charge in [0, 0.05) is 0 Å². The second-order valence-electron chi connectivity index (χ2n) is 5.22. The minimum atomic E-state index is -4.99. The zero-order valence-corrected chi connectivity index (χ0v) is 13.1. The van der Waals surface area contributed by atoms with Crippen LogP contribution in [-0.4, -0.2) is 8.42 Å². The fraction of sp³-hybridized carbons (Fsp3) is 0.0526. The van der Waals surface area contributed by atoms with Gasteiger partial charge in [-0.2, -0.15) is 8.42 Å². The standard InChI is InChI=1S/C19H15FO2S/c20-23(21,22)19(16-10-4-1-5-11-16,17-12-6-2-7-13-17)18-14-8-3-9-15-18/h1-15H. The van der Waals surface area contributed by atoms with Crippen molar-refractivity contribution in [3.8, 4) is 0 Å². The molecule has 0 aliphatic carbocycles. The summed E-state index contributed by atoms with van der Waals surface area (Å²) >= 11 is 0. The van der Waals surface area contributed by atoms with Crippen molar-refractivity contribution in [2.45, 2.75) is 4.75 Å². The molecule has 0 saturated heterocycles. The Bertz CT molecular complexity index is 780. The van der Waals surface area contributed by atoms with Gasteiger partial charge >= 0.3 is 10.2 Å². The van der Waals surface area contributed by atoms with E-state index in [9.17, 15) is 12.3 Å². The Morgan fingerprint density at radius 1 is 0.565 bits per heavy atom. The SMILES string of the molecule is O=S(=O)(F)C(c1ccccc1)(c1ccccc1)c1ccccc1. The van der Waals surface area contributed by atoms with E-state index >= 15 is 0 Å². The normalized spacial score (nSPS) is 12.0. The molecule has 3 rings (SSSR count). The average Bonchev–Trinajstić information content (AvgIpc) is 2.57. The molecule has 0 heterocycles. The van der Waals surface area contributed by atoms with Gasteiger partial charge in [0.05, 0.1) is 0 Å². The first-order chi connectivity index (χ1) is 11.1. The molecule has 3 aromatic rings. The van der Waals surface area contributed by atoms with E-state index in [0.29, 0.717) is 16.7 Å². The van der Waals surface area contributed by atoms with Crippen molar-refractivity contribution < 1.29 is 12.3 Å². The highest BCUT2D eigenvalue weighted by molar-refractivity contribution is 7.87. The molecule has 116 valence electrons. The monoisotopic (exact) mass is 326 g/mol. The van der Waals surface area contributed by atoms with E-state index in [0.717, 1.165) is 0 Å². The van der Waals surface area contributed by atoms with Gasteiger partial charge in [-0.15, -0.1) is 3.89 Å². The number of rotatable bonds is 4. The summed E-state index contributed by atoms with van der Waals surface area (Å²) in [6.07, 6.45) is 0. The van der Waals surface area contributed by atoms with E-state index in [1.54, 1.807) is 91.0 Å². The van der Waals surface area contributed by atoms with Crippen LogP contribution in [0.25, 0.3) is 0 Å². The molecule has 0 aliphatic heterocycles. The van der Waals surface area contributed by atoms with Crippen molar-refractivity contribution >= 4 is 10.2 Å². The highest BCUT2D eigenvalue weighted by Crippen LogP contribution is 2.44. The molecule has 0 amide bonds. The summed E-state index contributed by atoms with van der Waals surface area (Å²) in [4.78, 5) is 0. The van der Waals surface area contributed by atoms with Crippen LogP contribution in [0.3, 0.4) is 0 Å². The van der Waals surface area contributed by atoms with Crippen molar-refractivity contribution in [2.24, 2.45) is 0 Å². The van der Waals surface area contributed by atoms with E-state index in [4.69, 9.17) is 0 Å². The highest BCUT2D eigenvalue weighted by Gasteiger charge is 2.49. The van der Waals surface area contributed by atoms with E-state index in [1.165, 1.54) is 0 Å². The summed E-state index contributed by atoms with van der Waals surface area (Å²) in [5.74, 6) is 0. The Labute approximate surface area is 135 Å². The maximum absolute atomic E-state index is 14.7. The Hall–Kier alpha value is -2.46. The van der Waals surface area contributed by atoms with Gasteiger partial charge in [-0.1, -0.05) is 91.0 Å². The summed E-state index contributed by atoms with van der Waals surface area (Å²) in [6.45, 7) is 0. The topological polar surface area (TPSA) is 34.1 Å². The zero-order valence-electron chi connectivity index (χ0n) is 12.3. The first kappa shape index (κ1) is 15.4. The molecular weight excluding hydrogens is 311 g/mol. The van der Waals surface area contributed by atoms with Crippen LogP contribution in [-0.2, 0) is 15.0 Å². The van der Waals surface area contributed by atoms with Crippen LogP contribution in [0.4, 0.5) is 3.89 Å². The summed E-state index contributed by atoms with van der Waals surface area (Å²) in [5, 5.41) is 0. The van der Waals surface area contributed by atoms with Crippen LogP contribution in [0.15, 0.2) is 91.0 Å². The molecule has 0 fully saturated rings. The molecule has 0 aromatic heterocycles. The van der Waals surface area contributed by atoms with Gasteiger partial charge in [0.1, 0.15) is 0 Å². The smallest absolute Gasteiger partial charge is 0.193 e. The van der Waals surface area contributed by atoms with Gasteiger partial charge in [0.15, 0.2) is 4.75 Å². The molecule has 0 spiro atoms. The minimum absolute atomic E-state index is 0.375. The van der Waals surface area contributed by atoms with Crippen LogP contribution in [0.1, 0.15) is 16.7 Å². The quantitative estimate of drug-likeness (QED) is 0.530. The summed E-state index contributed by atoms with van der Waals surface area (Å²) in [6, 6.07) is 25.4. The first-order valence-corrected chi connectivity index (χ1v) is 8.56. The fourth-order valence-electron chi connectivity index (χ4n) is 2.94. The summed E-state index contributed by atoms with van der Waals surface area (Å²) in [5.41, 5.74) is 1.12. The van der Waals surface area contributed by atoms with Gasteiger partial charge in [0.25, 0.3) is 0 Å². The Kier molecular flexibility index (Phi) is 4.01. The predicted molar refractivity (Wildman–Crippen MR) is 89.2 cm³/mol. The molecule has 4 heteroatoms. The molecule has 2 nitrogen and oxygen atoms in total. The molecule has 3 aromatic carbocycles. The third-order valence-corrected chi connectivity index (χ3v) is 5.35. The molecule has 23 heavy (non-hydrogen) atoms. The predicted octanol–water partition coefficient (Wildman–Crippen LogP) is 4.28. The van der Waals surface area contributed by atoms with Gasteiger partial charge in [-0.25, -0.2) is 0 Å². The largest absolute Gasteiger partial charge is 0.320 e. The van der Waals surface area contributed by atoms with Crippen molar-refractivity contribution in [3.63, 3.8) is 0 Å². The second-order valence-corrected chi connectivity index (χ2v) is 6.71. The molecule has 0 aliphatic rings. The van der Waals surface area contributed by atoms with Gasteiger partial charge in [0.2, 0.25) is 0 Å². The number of hydrogen-bond donors (Lipinski definition) is 0. The Balaban J connectivity index is 2.46. The van der Waals surface area contributed by atoms with Crippen molar-refractivity contribution in [1.29, 1.82) is 0 Å². The first-order valence-electron chi connectivity index (χ1n) is 7.17. The fourth-order valence-corrected chi connectivity index (χ4v) is 4.19. The molecule has 0 saturated carbocycles. The van der Waals surface area contributed by atoms with Gasteiger partial charge < -0.3 is 0 Å². The van der Waals surface area contributed by atoms with Crippen molar-refractivity contribution in [1.82, 2.24) is 0 Å². The number of hydrogen-bond acceptors (Lipinski definition) is 2. The van der Waals surface area contributed by atoms with Gasteiger partial charge in [-0.05, 0) is 16.7 Å². The third kappa shape index (κ3) is 2.55. The molecule has 0 unspecified atom stereocenters. The summed E-state index contributed by atoms with van der Waals surface area (Å²) < 4.78 is 37.6. The van der Waals surface area contributed by atoms with E-state index < -0.39 is 15.0 Å². The van der Waals surface area contributed by atoms with Crippen molar-refractivity contribution in [2.75, 3.05) is 0 Å². The van der Waals surface area contributed by atoms with E-state index in [1.807, 2.05) is 0 Å². The molecular formula is C19H15FO2S. The summed E-state index contributed by atoms with van der Waals surface area (Å²) in [7, 11) is -4.99.